The van der Waals surface area contributed by atoms with Gasteiger partial charge in [0, 0.05) is 52.9 Å². The number of aromatic amines is 1. The van der Waals surface area contributed by atoms with E-state index in [0.717, 1.165) is 46.6 Å². The standard InChI is InChI=1S/C26H25ClFN7O/c1-14-10-17(11-15(2)24(14)27)35-25(23-16(3)29-7-6-21(23)32-35)34-9-8-33(26(34)36)22-5-4-20-19(13-30-31-20)18(22)12-28/h4-5,8-11,13,16,29H,6-7,12H2,1-3H3,(H,30,31)/t16-/m0/s1. The lowest BCUT2D eigenvalue weighted by Crippen LogP contribution is -2.30. The molecule has 0 amide bonds. The summed E-state index contributed by atoms with van der Waals surface area (Å²) in [6.45, 7) is 6.08. The third kappa shape index (κ3) is 3.34. The molecule has 1 aliphatic heterocycles. The lowest BCUT2D eigenvalue weighted by Gasteiger charge is -2.21. The second-order valence-electron chi connectivity index (χ2n) is 9.26. The molecule has 6 rings (SSSR count). The number of hydrogen-bond donors (Lipinski definition) is 2. The molecule has 0 aliphatic carbocycles. The molecule has 0 bridgehead atoms. The fourth-order valence-electron chi connectivity index (χ4n) is 5.21. The summed E-state index contributed by atoms with van der Waals surface area (Å²) in [7, 11) is 0. The van der Waals surface area contributed by atoms with Crippen molar-refractivity contribution in [2.45, 2.75) is 39.9 Å². The number of fused-ring (bicyclic) bond motifs is 2. The van der Waals surface area contributed by atoms with Gasteiger partial charge in [0.2, 0.25) is 0 Å². The van der Waals surface area contributed by atoms with Gasteiger partial charge in [0.1, 0.15) is 12.5 Å². The predicted octanol–water partition coefficient (Wildman–Crippen LogP) is 4.64. The van der Waals surface area contributed by atoms with Crippen LogP contribution in [0.25, 0.3) is 28.1 Å². The quantitative estimate of drug-likeness (QED) is 0.373. The molecule has 10 heteroatoms. The third-order valence-corrected chi connectivity index (χ3v) is 7.59. The number of halogens is 2. The molecular weight excluding hydrogens is 481 g/mol. The Bertz CT molecular complexity index is 1670. The van der Waals surface area contributed by atoms with Crippen LogP contribution in [0.2, 0.25) is 5.02 Å². The van der Waals surface area contributed by atoms with Gasteiger partial charge >= 0.3 is 5.69 Å². The zero-order chi connectivity index (χ0) is 25.1. The molecule has 0 fully saturated rings. The Balaban J connectivity index is 1.60. The molecule has 0 unspecified atom stereocenters. The fraction of sp³-hybridized carbons (Fsp3) is 0.269. The Morgan fingerprint density at radius 3 is 2.67 bits per heavy atom. The van der Waals surface area contributed by atoms with E-state index >= 15 is 0 Å². The van der Waals surface area contributed by atoms with Crippen molar-refractivity contribution in [1.29, 1.82) is 0 Å². The van der Waals surface area contributed by atoms with E-state index in [1.165, 1.54) is 4.57 Å². The normalized spacial score (nSPS) is 15.5. The van der Waals surface area contributed by atoms with Crippen LogP contribution in [0.3, 0.4) is 0 Å². The molecule has 2 aromatic carbocycles. The minimum absolute atomic E-state index is 0.00549. The van der Waals surface area contributed by atoms with Gasteiger partial charge < -0.3 is 5.32 Å². The lowest BCUT2D eigenvalue weighted by atomic mass is 10.0. The number of alkyl halides is 1. The van der Waals surface area contributed by atoms with E-state index < -0.39 is 6.67 Å². The molecule has 0 spiro atoms. The molecule has 2 N–H and O–H groups in total. The number of hydrogen-bond acceptors (Lipinski definition) is 4. The number of benzene rings is 2. The number of aryl methyl sites for hydroxylation is 2. The Kier molecular flexibility index (Phi) is 5.35. The molecule has 0 radical (unpaired) electrons. The number of rotatable bonds is 4. The summed E-state index contributed by atoms with van der Waals surface area (Å²) in [5.74, 6) is 0.667. The topological polar surface area (TPSA) is 85.5 Å². The molecule has 1 atom stereocenters. The molecule has 0 saturated heterocycles. The van der Waals surface area contributed by atoms with Gasteiger partial charge in [0.15, 0.2) is 0 Å². The SMILES string of the molecule is Cc1cc(-n2nc3c(c2-n2ccn(-c4ccc5[nH]ncc5c4CF)c2=O)[C@H](C)NCC3)cc(C)c1Cl. The van der Waals surface area contributed by atoms with Gasteiger partial charge in [-0.2, -0.15) is 10.2 Å². The summed E-state index contributed by atoms with van der Waals surface area (Å²) < 4.78 is 19.1. The minimum Gasteiger partial charge on any atom is -0.310 e. The van der Waals surface area contributed by atoms with Crippen LogP contribution < -0.4 is 11.0 Å². The summed E-state index contributed by atoms with van der Waals surface area (Å²) in [6.07, 6.45) is 5.73. The second-order valence-corrected chi connectivity index (χ2v) is 9.64. The highest BCUT2D eigenvalue weighted by molar-refractivity contribution is 6.32. The molecule has 1 aliphatic rings. The maximum atomic E-state index is 14.2. The van der Waals surface area contributed by atoms with Crippen molar-refractivity contribution in [3.63, 3.8) is 0 Å². The molecule has 5 aromatic rings. The van der Waals surface area contributed by atoms with Crippen LogP contribution in [0.1, 0.15) is 40.9 Å². The first kappa shape index (κ1) is 22.8. The minimum atomic E-state index is -0.721. The van der Waals surface area contributed by atoms with E-state index in [0.29, 0.717) is 27.5 Å². The highest BCUT2D eigenvalue weighted by Gasteiger charge is 2.29. The first-order chi connectivity index (χ1) is 17.4. The molecule has 8 nitrogen and oxygen atoms in total. The van der Waals surface area contributed by atoms with Gasteiger partial charge in [-0.1, -0.05) is 11.6 Å². The van der Waals surface area contributed by atoms with Crippen molar-refractivity contribution in [3.05, 3.63) is 86.3 Å². The highest BCUT2D eigenvalue weighted by Crippen LogP contribution is 2.32. The average molecular weight is 506 g/mol. The van der Waals surface area contributed by atoms with Crippen LogP contribution in [0.5, 0.6) is 0 Å². The number of imidazole rings is 1. The number of H-pyrrole nitrogens is 1. The van der Waals surface area contributed by atoms with E-state index in [2.05, 4.69) is 22.4 Å². The van der Waals surface area contributed by atoms with Gasteiger partial charge in [-0.25, -0.2) is 13.9 Å². The third-order valence-electron chi connectivity index (χ3n) is 6.99. The largest absolute Gasteiger partial charge is 0.338 e. The van der Waals surface area contributed by atoms with Gasteiger partial charge in [-0.05, 0) is 56.2 Å². The summed E-state index contributed by atoms with van der Waals surface area (Å²) in [5.41, 5.74) is 5.93. The lowest BCUT2D eigenvalue weighted by molar-refractivity contribution is 0.486. The Hall–Kier alpha value is -3.69. The first-order valence-electron chi connectivity index (χ1n) is 11.8. The van der Waals surface area contributed by atoms with Crippen molar-refractivity contribution in [2.24, 2.45) is 0 Å². The first-order valence-corrected chi connectivity index (χ1v) is 12.2. The van der Waals surface area contributed by atoms with Crippen LogP contribution in [-0.4, -0.2) is 35.7 Å². The maximum Gasteiger partial charge on any atom is 0.338 e. The van der Waals surface area contributed by atoms with Crippen LogP contribution >= 0.6 is 11.6 Å². The average Bonchev–Trinajstić information content (AvgIpc) is 3.58. The van der Waals surface area contributed by atoms with E-state index in [-0.39, 0.29) is 11.7 Å². The van der Waals surface area contributed by atoms with Crippen molar-refractivity contribution in [3.8, 4) is 17.2 Å². The Labute approximate surface area is 211 Å². The highest BCUT2D eigenvalue weighted by atomic mass is 35.5. The van der Waals surface area contributed by atoms with Gasteiger partial charge in [-0.15, -0.1) is 0 Å². The van der Waals surface area contributed by atoms with Gasteiger partial charge in [0.25, 0.3) is 0 Å². The number of nitrogens with zero attached hydrogens (tertiary/aromatic N) is 5. The zero-order valence-corrected chi connectivity index (χ0v) is 20.9. The Morgan fingerprint density at radius 2 is 1.92 bits per heavy atom. The van der Waals surface area contributed by atoms with E-state index in [1.54, 1.807) is 35.3 Å². The summed E-state index contributed by atoms with van der Waals surface area (Å²) >= 11 is 6.44. The van der Waals surface area contributed by atoms with E-state index in [9.17, 15) is 9.18 Å². The molecule has 36 heavy (non-hydrogen) atoms. The van der Waals surface area contributed by atoms with E-state index in [1.807, 2.05) is 30.7 Å². The van der Waals surface area contributed by atoms with Crippen LogP contribution in [-0.2, 0) is 13.1 Å². The van der Waals surface area contributed by atoms with Crippen molar-refractivity contribution >= 4 is 22.5 Å². The predicted molar refractivity (Wildman–Crippen MR) is 138 cm³/mol. The number of nitrogens with one attached hydrogen (secondary N) is 2. The van der Waals surface area contributed by atoms with Crippen LogP contribution in [0.4, 0.5) is 4.39 Å². The van der Waals surface area contributed by atoms with Crippen molar-refractivity contribution < 1.29 is 4.39 Å². The summed E-state index contributed by atoms with van der Waals surface area (Å²) in [6, 6.07) is 7.50. The van der Waals surface area contributed by atoms with Gasteiger partial charge in [-0.3, -0.25) is 14.2 Å². The van der Waals surface area contributed by atoms with E-state index in [4.69, 9.17) is 16.7 Å². The van der Waals surface area contributed by atoms with Crippen molar-refractivity contribution in [1.82, 2.24) is 34.4 Å². The van der Waals surface area contributed by atoms with Gasteiger partial charge in [0.05, 0.1) is 28.8 Å². The van der Waals surface area contributed by atoms with Crippen molar-refractivity contribution in [2.75, 3.05) is 6.54 Å². The summed E-state index contributed by atoms with van der Waals surface area (Å²) in [4.78, 5) is 13.9. The smallest absolute Gasteiger partial charge is 0.310 e. The molecule has 4 heterocycles. The fourth-order valence-corrected chi connectivity index (χ4v) is 5.32. The molecular formula is C26H25ClFN7O. The Morgan fingerprint density at radius 1 is 1.17 bits per heavy atom. The van der Waals surface area contributed by atoms with Crippen LogP contribution in [0.15, 0.2) is 47.7 Å². The van der Waals surface area contributed by atoms with Crippen LogP contribution in [0, 0.1) is 13.8 Å². The molecule has 184 valence electrons. The molecule has 0 saturated carbocycles. The maximum absolute atomic E-state index is 14.2. The number of aromatic nitrogens is 6. The monoisotopic (exact) mass is 505 g/mol. The summed E-state index contributed by atoms with van der Waals surface area (Å²) in [5, 5.41) is 16.7. The second kappa shape index (κ2) is 8.46. The molecule has 3 aromatic heterocycles. The zero-order valence-electron chi connectivity index (χ0n) is 20.1.